The number of oxazole rings is 1. The lowest BCUT2D eigenvalue weighted by Gasteiger charge is -2.43. The van der Waals surface area contributed by atoms with Crippen LogP contribution < -0.4 is 4.90 Å². The first-order valence-corrected chi connectivity index (χ1v) is 12.8. The average Bonchev–Trinajstić information content (AvgIpc) is 3.44. The number of amides is 1. The van der Waals surface area contributed by atoms with Crippen molar-refractivity contribution in [3.8, 4) is 11.5 Å². The number of aromatic nitrogens is 1. The van der Waals surface area contributed by atoms with E-state index in [1.165, 1.54) is 30.7 Å². The standard InChI is InChI=1S/C27H26ClF4N3O3.ClH/c1-3-34(4-2)17-10-15(11-17)14-35-21-13-16(24-33-8-9-38-24)12-18(27(30,31)32)22(21)26(37,25(35)36)23-19(28)6-5-7-20(23)29;/h5-9,12-13,15,17,37H,3-4,10-11,14H2,1-2H3;1H/t15-,17-,26-;/m0./s1. The molecule has 6 nitrogen and oxygen atoms in total. The molecule has 0 saturated heterocycles. The van der Waals surface area contributed by atoms with Crippen LogP contribution in [0, 0.1) is 11.7 Å². The van der Waals surface area contributed by atoms with Crippen LogP contribution in [0.1, 0.15) is 43.4 Å². The minimum Gasteiger partial charge on any atom is -0.445 e. The molecule has 1 aliphatic carbocycles. The number of anilines is 1. The monoisotopic (exact) mass is 587 g/mol. The Bertz CT molecular complexity index is 1340. The summed E-state index contributed by atoms with van der Waals surface area (Å²) in [6.45, 7) is 5.89. The third-order valence-corrected chi connectivity index (χ3v) is 7.93. The normalized spacial score (nSPS) is 22.6. The number of halogens is 6. The summed E-state index contributed by atoms with van der Waals surface area (Å²) in [5.41, 5.74) is -5.95. The van der Waals surface area contributed by atoms with Crippen LogP contribution in [0.5, 0.6) is 0 Å². The van der Waals surface area contributed by atoms with Crippen molar-refractivity contribution in [1.29, 1.82) is 0 Å². The fourth-order valence-corrected chi connectivity index (χ4v) is 6.05. The Morgan fingerprint density at radius 3 is 2.46 bits per heavy atom. The van der Waals surface area contributed by atoms with Gasteiger partial charge in [0.1, 0.15) is 12.1 Å². The zero-order valence-corrected chi connectivity index (χ0v) is 22.7. The molecule has 5 rings (SSSR count). The zero-order chi connectivity index (χ0) is 27.4. The number of aliphatic hydroxyl groups is 1. The number of hydrogen-bond acceptors (Lipinski definition) is 5. The van der Waals surface area contributed by atoms with E-state index in [1.54, 1.807) is 0 Å². The second-order valence-corrected chi connectivity index (χ2v) is 10.1. The van der Waals surface area contributed by atoms with Gasteiger partial charge < -0.3 is 19.3 Å². The van der Waals surface area contributed by atoms with Crippen LogP contribution in [0.15, 0.2) is 47.2 Å². The fraction of sp³-hybridized carbons (Fsp3) is 0.407. The van der Waals surface area contributed by atoms with Crippen LogP contribution in [-0.2, 0) is 16.6 Å². The molecule has 12 heteroatoms. The number of alkyl halides is 3. The largest absolute Gasteiger partial charge is 0.445 e. The Hall–Kier alpha value is -2.66. The average molecular weight is 588 g/mol. The molecule has 0 bridgehead atoms. The van der Waals surface area contributed by atoms with Crippen LogP contribution in [0.4, 0.5) is 23.2 Å². The summed E-state index contributed by atoms with van der Waals surface area (Å²) in [5.74, 6) is -2.27. The molecular formula is C27H27Cl2F4N3O3. The Morgan fingerprint density at radius 1 is 1.21 bits per heavy atom. The number of hydrogen-bond donors (Lipinski definition) is 1. The van der Waals surface area contributed by atoms with Crippen molar-refractivity contribution < 1.29 is 31.9 Å². The van der Waals surface area contributed by atoms with Gasteiger partial charge in [0.2, 0.25) is 11.5 Å². The highest BCUT2D eigenvalue weighted by atomic mass is 35.5. The first kappa shape index (κ1) is 29.3. The second-order valence-electron chi connectivity index (χ2n) is 9.69. The fourth-order valence-electron chi connectivity index (χ4n) is 5.75. The highest BCUT2D eigenvalue weighted by molar-refractivity contribution is 6.32. The zero-order valence-electron chi connectivity index (χ0n) is 21.1. The van der Waals surface area contributed by atoms with E-state index >= 15 is 4.39 Å². The van der Waals surface area contributed by atoms with Gasteiger partial charge in [0.25, 0.3) is 5.91 Å². The van der Waals surface area contributed by atoms with E-state index in [1.807, 2.05) is 0 Å². The Kier molecular flexibility index (Phi) is 8.06. The molecule has 1 aliphatic heterocycles. The lowest BCUT2D eigenvalue weighted by atomic mass is 9.78. The molecular weight excluding hydrogens is 561 g/mol. The molecule has 210 valence electrons. The quantitative estimate of drug-likeness (QED) is 0.330. The van der Waals surface area contributed by atoms with Gasteiger partial charge in [0.05, 0.1) is 28.0 Å². The Balaban J connectivity index is 0.00000353. The maximum atomic E-state index is 15.1. The van der Waals surface area contributed by atoms with Crippen LogP contribution >= 0.6 is 24.0 Å². The smallest absolute Gasteiger partial charge is 0.416 e. The van der Waals surface area contributed by atoms with Gasteiger partial charge in [-0.2, -0.15) is 13.2 Å². The van der Waals surface area contributed by atoms with Crippen LogP contribution in [0.3, 0.4) is 0 Å². The molecule has 1 amide bonds. The van der Waals surface area contributed by atoms with Crippen LogP contribution in [0.2, 0.25) is 5.02 Å². The summed E-state index contributed by atoms with van der Waals surface area (Å²) in [6.07, 6.45) is -1.01. The summed E-state index contributed by atoms with van der Waals surface area (Å²) >= 11 is 6.21. The summed E-state index contributed by atoms with van der Waals surface area (Å²) in [6, 6.07) is 5.80. The second kappa shape index (κ2) is 10.7. The van der Waals surface area contributed by atoms with E-state index in [0.29, 0.717) is 6.04 Å². The number of fused-ring (bicyclic) bond motifs is 1. The molecule has 0 spiro atoms. The first-order valence-electron chi connectivity index (χ1n) is 12.4. The molecule has 2 aliphatic rings. The number of nitrogens with zero attached hydrogens (tertiary/aromatic N) is 3. The number of carbonyl (C=O) groups is 1. The highest BCUT2D eigenvalue weighted by Crippen LogP contribution is 2.53. The maximum Gasteiger partial charge on any atom is 0.416 e. The molecule has 1 aromatic heterocycles. The molecule has 1 atom stereocenters. The van der Waals surface area contributed by atoms with Gasteiger partial charge in [-0.25, -0.2) is 9.37 Å². The Morgan fingerprint density at radius 2 is 1.90 bits per heavy atom. The molecule has 0 radical (unpaired) electrons. The number of carbonyl (C=O) groups excluding carboxylic acids is 1. The molecule has 1 fully saturated rings. The molecule has 1 saturated carbocycles. The maximum absolute atomic E-state index is 15.1. The van der Waals surface area contributed by atoms with Gasteiger partial charge >= 0.3 is 6.18 Å². The van der Waals surface area contributed by atoms with E-state index in [0.717, 1.165) is 43.0 Å². The van der Waals surface area contributed by atoms with Crippen molar-refractivity contribution >= 4 is 35.6 Å². The molecule has 3 aromatic rings. The van der Waals surface area contributed by atoms with Crippen LogP contribution in [0.25, 0.3) is 11.5 Å². The summed E-state index contributed by atoms with van der Waals surface area (Å²) in [7, 11) is 0. The van der Waals surface area contributed by atoms with Gasteiger partial charge in [0.15, 0.2) is 0 Å². The predicted octanol–water partition coefficient (Wildman–Crippen LogP) is 6.28. The van der Waals surface area contributed by atoms with Gasteiger partial charge in [-0.05, 0) is 56.1 Å². The third kappa shape index (κ3) is 4.81. The van der Waals surface area contributed by atoms with E-state index in [2.05, 4.69) is 23.7 Å². The van der Waals surface area contributed by atoms with Crippen molar-refractivity contribution in [3.63, 3.8) is 0 Å². The van der Waals surface area contributed by atoms with Crippen molar-refractivity contribution in [3.05, 3.63) is 70.3 Å². The molecule has 2 aromatic carbocycles. The summed E-state index contributed by atoms with van der Waals surface area (Å²) < 4.78 is 63.9. The van der Waals surface area contributed by atoms with E-state index < -0.39 is 40.2 Å². The molecule has 39 heavy (non-hydrogen) atoms. The van der Waals surface area contributed by atoms with Crippen molar-refractivity contribution in [1.82, 2.24) is 9.88 Å². The van der Waals surface area contributed by atoms with E-state index in [-0.39, 0.29) is 47.0 Å². The van der Waals surface area contributed by atoms with Crippen molar-refractivity contribution in [2.75, 3.05) is 24.5 Å². The van der Waals surface area contributed by atoms with Crippen molar-refractivity contribution in [2.45, 2.75) is 44.5 Å². The van der Waals surface area contributed by atoms with Gasteiger partial charge in [-0.1, -0.05) is 31.5 Å². The lowest BCUT2D eigenvalue weighted by molar-refractivity contribution is -0.142. The van der Waals surface area contributed by atoms with E-state index in [4.69, 9.17) is 16.0 Å². The first-order chi connectivity index (χ1) is 18.0. The van der Waals surface area contributed by atoms with E-state index in [9.17, 15) is 23.1 Å². The summed E-state index contributed by atoms with van der Waals surface area (Å²) in [4.78, 5) is 21.3. The van der Waals surface area contributed by atoms with Crippen LogP contribution in [-0.4, -0.2) is 46.6 Å². The number of benzene rings is 2. The predicted molar refractivity (Wildman–Crippen MR) is 140 cm³/mol. The molecule has 1 N–H and O–H groups in total. The van der Waals surface area contributed by atoms with Crippen molar-refractivity contribution in [2.24, 2.45) is 5.92 Å². The third-order valence-electron chi connectivity index (χ3n) is 7.61. The SMILES string of the molecule is CCN(CC)[C@H]1C[C@H](CN2C(=O)[C@@](O)(c3c(F)cccc3Cl)c3c2cc(-c2ncco2)cc3C(F)(F)F)C1.Cl. The Labute approximate surface area is 234 Å². The minimum atomic E-state index is -5.00. The molecule has 2 heterocycles. The lowest BCUT2D eigenvalue weighted by Crippen LogP contribution is -2.50. The number of rotatable bonds is 7. The minimum absolute atomic E-state index is 0. The topological polar surface area (TPSA) is 69.8 Å². The summed E-state index contributed by atoms with van der Waals surface area (Å²) in [5, 5.41) is 11.5. The molecule has 0 unspecified atom stereocenters. The highest BCUT2D eigenvalue weighted by Gasteiger charge is 2.58. The van der Waals surface area contributed by atoms with Gasteiger partial charge in [-0.3, -0.25) is 4.79 Å². The van der Waals surface area contributed by atoms with Gasteiger partial charge in [-0.15, -0.1) is 12.4 Å². The van der Waals surface area contributed by atoms with Gasteiger partial charge in [0, 0.05) is 23.7 Å².